The second kappa shape index (κ2) is 8.37. The van der Waals surface area contributed by atoms with Crippen LogP contribution in [0.15, 0.2) is 0 Å². The van der Waals surface area contributed by atoms with Crippen LogP contribution in [0.3, 0.4) is 0 Å². The highest BCUT2D eigenvalue weighted by Crippen LogP contribution is 2.17. The van der Waals surface area contributed by atoms with Gasteiger partial charge in [-0.05, 0) is 44.4 Å². The van der Waals surface area contributed by atoms with Gasteiger partial charge in [0.2, 0.25) is 0 Å². The molecule has 0 rings (SSSR count). The van der Waals surface area contributed by atoms with Crippen molar-refractivity contribution in [1.82, 2.24) is 10.2 Å². The summed E-state index contributed by atoms with van der Waals surface area (Å²) in [5, 5.41) is 3.45. The van der Waals surface area contributed by atoms with E-state index in [9.17, 15) is 0 Å². The van der Waals surface area contributed by atoms with Crippen molar-refractivity contribution in [3.8, 4) is 0 Å². The number of hydrogen-bond acceptors (Lipinski definition) is 3. The number of rotatable bonds is 9. The summed E-state index contributed by atoms with van der Waals surface area (Å²) < 4.78 is 0. The maximum atomic E-state index is 3.45. The van der Waals surface area contributed by atoms with Crippen LogP contribution in [0.4, 0.5) is 0 Å². The van der Waals surface area contributed by atoms with Gasteiger partial charge in [0.1, 0.15) is 0 Å². The first kappa shape index (κ1) is 16.3. The minimum atomic E-state index is 0.360. The quantitative estimate of drug-likeness (QED) is 0.673. The van der Waals surface area contributed by atoms with E-state index in [0.29, 0.717) is 11.5 Å². The summed E-state index contributed by atoms with van der Waals surface area (Å²) >= 11 is 1.94. The smallest absolute Gasteiger partial charge is 0.00719 e. The standard InChI is InChI=1S/C13H30N2S/c1-7-14-10-13(3,4)11-15(5)12(2)8-9-16-6/h12,14H,7-11H2,1-6H3. The maximum Gasteiger partial charge on any atom is 0.00719 e. The van der Waals surface area contributed by atoms with Crippen molar-refractivity contribution in [2.45, 2.75) is 40.2 Å². The van der Waals surface area contributed by atoms with Gasteiger partial charge < -0.3 is 10.2 Å². The Kier molecular flexibility index (Phi) is 8.52. The molecule has 1 atom stereocenters. The third-order valence-electron chi connectivity index (χ3n) is 3.02. The Balaban J connectivity index is 3.95. The Morgan fingerprint density at radius 3 is 2.50 bits per heavy atom. The zero-order valence-electron chi connectivity index (χ0n) is 12.0. The summed E-state index contributed by atoms with van der Waals surface area (Å²) in [6, 6.07) is 0.688. The van der Waals surface area contributed by atoms with E-state index in [-0.39, 0.29) is 0 Å². The molecule has 0 heterocycles. The third kappa shape index (κ3) is 7.53. The predicted molar refractivity (Wildman–Crippen MR) is 77.4 cm³/mol. The van der Waals surface area contributed by atoms with Gasteiger partial charge in [0.05, 0.1) is 0 Å². The summed E-state index contributed by atoms with van der Waals surface area (Å²) in [7, 11) is 2.25. The molecule has 0 bridgehead atoms. The van der Waals surface area contributed by atoms with Crippen molar-refractivity contribution in [3.05, 3.63) is 0 Å². The zero-order valence-corrected chi connectivity index (χ0v) is 12.8. The fraction of sp³-hybridized carbons (Fsp3) is 1.00. The minimum absolute atomic E-state index is 0.360. The Hall–Kier alpha value is 0.270. The molecule has 0 aromatic carbocycles. The van der Waals surface area contributed by atoms with Gasteiger partial charge in [-0.1, -0.05) is 20.8 Å². The second-order valence-electron chi connectivity index (χ2n) is 5.49. The summed E-state index contributed by atoms with van der Waals surface area (Å²) in [5.74, 6) is 1.26. The molecule has 0 aliphatic carbocycles. The highest BCUT2D eigenvalue weighted by Gasteiger charge is 2.21. The third-order valence-corrected chi connectivity index (χ3v) is 3.67. The normalized spacial score (nSPS) is 14.4. The van der Waals surface area contributed by atoms with Crippen molar-refractivity contribution >= 4 is 11.8 Å². The largest absolute Gasteiger partial charge is 0.316 e. The fourth-order valence-corrected chi connectivity index (χ4v) is 2.44. The highest BCUT2D eigenvalue weighted by atomic mass is 32.2. The SMILES string of the molecule is CCNCC(C)(C)CN(C)C(C)CCSC. The molecule has 0 radical (unpaired) electrons. The van der Waals surface area contributed by atoms with Crippen LogP contribution in [0.25, 0.3) is 0 Å². The van der Waals surface area contributed by atoms with Crippen LogP contribution in [0.1, 0.15) is 34.1 Å². The van der Waals surface area contributed by atoms with Crippen LogP contribution in [0.5, 0.6) is 0 Å². The van der Waals surface area contributed by atoms with Gasteiger partial charge in [0.25, 0.3) is 0 Å². The summed E-state index contributed by atoms with van der Waals surface area (Å²) in [6.45, 7) is 12.5. The van der Waals surface area contributed by atoms with Crippen LogP contribution in [-0.2, 0) is 0 Å². The second-order valence-corrected chi connectivity index (χ2v) is 6.48. The molecule has 3 heteroatoms. The van der Waals surface area contributed by atoms with Gasteiger partial charge in [-0.15, -0.1) is 0 Å². The first-order valence-corrected chi connectivity index (χ1v) is 7.72. The molecule has 16 heavy (non-hydrogen) atoms. The van der Waals surface area contributed by atoms with E-state index in [1.54, 1.807) is 0 Å². The summed E-state index contributed by atoms with van der Waals surface area (Å²) in [4.78, 5) is 2.49. The Morgan fingerprint density at radius 2 is 2.00 bits per heavy atom. The Labute approximate surface area is 107 Å². The average molecular weight is 246 g/mol. The van der Waals surface area contributed by atoms with E-state index < -0.39 is 0 Å². The van der Waals surface area contributed by atoms with Gasteiger partial charge >= 0.3 is 0 Å². The van der Waals surface area contributed by atoms with Crippen LogP contribution >= 0.6 is 11.8 Å². The molecule has 0 aliphatic rings. The Bertz CT molecular complexity index is 171. The monoisotopic (exact) mass is 246 g/mol. The van der Waals surface area contributed by atoms with Gasteiger partial charge in [0.15, 0.2) is 0 Å². The zero-order chi connectivity index (χ0) is 12.6. The molecule has 0 aromatic heterocycles. The van der Waals surface area contributed by atoms with E-state index in [1.807, 2.05) is 11.8 Å². The van der Waals surface area contributed by atoms with Crippen molar-refractivity contribution < 1.29 is 0 Å². The highest BCUT2D eigenvalue weighted by molar-refractivity contribution is 7.98. The molecule has 0 aromatic rings. The van der Waals surface area contributed by atoms with Crippen LogP contribution in [-0.4, -0.2) is 49.6 Å². The summed E-state index contributed by atoms with van der Waals surface area (Å²) in [5.41, 5.74) is 0.360. The van der Waals surface area contributed by atoms with Gasteiger partial charge in [-0.2, -0.15) is 11.8 Å². The molecular weight excluding hydrogens is 216 g/mol. The van der Waals surface area contributed by atoms with E-state index in [0.717, 1.165) is 19.6 Å². The molecule has 0 fully saturated rings. The van der Waals surface area contributed by atoms with Crippen molar-refractivity contribution in [2.24, 2.45) is 5.41 Å². The Morgan fingerprint density at radius 1 is 1.38 bits per heavy atom. The first-order chi connectivity index (χ1) is 7.43. The van der Waals surface area contributed by atoms with Gasteiger partial charge in [-0.3, -0.25) is 0 Å². The van der Waals surface area contributed by atoms with Crippen LogP contribution in [0, 0.1) is 5.41 Å². The molecule has 0 saturated heterocycles. The lowest BCUT2D eigenvalue weighted by Crippen LogP contribution is -2.42. The topological polar surface area (TPSA) is 15.3 Å². The lowest BCUT2D eigenvalue weighted by molar-refractivity contribution is 0.164. The van der Waals surface area contributed by atoms with Crippen molar-refractivity contribution in [3.63, 3.8) is 0 Å². The molecule has 2 nitrogen and oxygen atoms in total. The molecule has 0 spiro atoms. The number of nitrogens with zero attached hydrogens (tertiary/aromatic N) is 1. The van der Waals surface area contributed by atoms with Crippen molar-refractivity contribution in [2.75, 3.05) is 38.7 Å². The molecule has 1 unspecified atom stereocenters. The number of thioether (sulfide) groups is 1. The van der Waals surface area contributed by atoms with E-state index in [1.165, 1.54) is 12.2 Å². The molecule has 98 valence electrons. The van der Waals surface area contributed by atoms with Gasteiger partial charge in [-0.25, -0.2) is 0 Å². The van der Waals surface area contributed by atoms with E-state index in [2.05, 4.69) is 51.2 Å². The molecule has 0 amide bonds. The first-order valence-electron chi connectivity index (χ1n) is 6.33. The summed E-state index contributed by atoms with van der Waals surface area (Å²) in [6.07, 6.45) is 3.47. The minimum Gasteiger partial charge on any atom is -0.316 e. The number of nitrogens with one attached hydrogen (secondary N) is 1. The predicted octanol–water partition coefficient (Wildman–Crippen LogP) is 2.70. The van der Waals surface area contributed by atoms with E-state index in [4.69, 9.17) is 0 Å². The molecule has 0 aliphatic heterocycles. The van der Waals surface area contributed by atoms with Crippen LogP contribution < -0.4 is 5.32 Å². The molecule has 1 N–H and O–H groups in total. The average Bonchev–Trinajstić information content (AvgIpc) is 2.22. The van der Waals surface area contributed by atoms with Crippen molar-refractivity contribution in [1.29, 1.82) is 0 Å². The molecular formula is C13H30N2S. The van der Waals surface area contributed by atoms with E-state index >= 15 is 0 Å². The molecule has 0 saturated carbocycles. The maximum absolute atomic E-state index is 3.45. The van der Waals surface area contributed by atoms with Crippen LogP contribution in [0.2, 0.25) is 0 Å². The lowest BCUT2D eigenvalue weighted by atomic mass is 9.92. The lowest BCUT2D eigenvalue weighted by Gasteiger charge is -2.34. The fourth-order valence-electron chi connectivity index (χ4n) is 1.86. The van der Waals surface area contributed by atoms with Gasteiger partial charge in [0, 0.05) is 19.1 Å². The number of hydrogen-bond donors (Lipinski definition) is 1.